The van der Waals surface area contributed by atoms with Crippen LogP contribution in [0, 0.1) is 19.3 Å². The largest absolute Gasteiger partial charge is 0.496 e. The smallest absolute Gasteiger partial charge is 0.166 e. The Kier molecular flexibility index (Phi) is 6.72. The van der Waals surface area contributed by atoms with E-state index in [9.17, 15) is 4.79 Å². The Morgan fingerprint density at radius 3 is 2.57 bits per heavy atom. The van der Waals surface area contributed by atoms with Crippen molar-refractivity contribution in [2.45, 2.75) is 46.1 Å². The number of methoxy groups -OCH3 is 1. The first-order chi connectivity index (χ1) is 10.8. The molecule has 0 bridgehead atoms. The highest BCUT2D eigenvalue weighted by molar-refractivity contribution is 6.33. The van der Waals surface area contributed by atoms with E-state index in [4.69, 9.17) is 27.5 Å². The minimum atomic E-state index is -0.796. The van der Waals surface area contributed by atoms with Crippen LogP contribution in [0.4, 0.5) is 0 Å². The highest BCUT2D eigenvalue weighted by Gasteiger charge is 2.26. The average Bonchev–Trinajstić information content (AvgIpc) is 2.51. The van der Waals surface area contributed by atoms with Gasteiger partial charge in [-0.2, -0.15) is 0 Å². The number of hydrogen-bond acceptors (Lipinski definition) is 3. The fraction of sp³-hybridized carbons (Fsp3) is 0.421. The zero-order valence-electron chi connectivity index (χ0n) is 14.3. The normalized spacial score (nSPS) is 12.7. The molecule has 1 aromatic carbocycles. The summed E-state index contributed by atoms with van der Waals surface area (Å²) in [5.74, 6) is 3.53. The first kappa shape index (κ1) is 19.1. The molecule has 0 N–H and O–H groups in total. The summed E-state index contributed by atoms with van der Waals surface area (Å²) in [5, 5.41) is 0.372. The fourth-order valence-corrected chi connectivity index (χ4v) is 2.36. The highest BCUT2D eigenvalue weighted by Crippen LogP contribution is 2.38. The molecule has 0 aliphatic carbocycles. The number of rotatable bonds is 7. The third-order valence-corrected chi connectivity index (χ3v) is 4.10. The number of ether oxygens (including phenoxy) is 2. The molecule has 0 aliphatic heterocycles. The van der Waals surface area contributed by atoms with Crippen LogP contribution in [0.2, 0.25) is 5.02 Å². The molecule has 0 radical (unpaired) electrons. The summed E-state index contributed by atoms with van der Waals surface area (Å²) < 4.78 is 11.2. The Hall–Kier alpha value is -1.92. The Morgan fingerprint density at radius 1 is 1.43 bits per heavy atom. The first-order valence-corrected chi connectivity index (χ1v) is 7.78. The molecule has 0 saturated heterocycles. The molecule has 0 amide bonds. The molecule has 0 spiro atoms. The molecule has 23 heavy (non-hydrogen) atoms. The van der Waals surface area contributed by atoms with E-state index in [1.54, 1.807) is 13.0 Å². The lowest BCUT2D eigenvalue weighted by Gasteiger charge is -2.26. The van der Waals surface area contributed by atoms with Gasteiger partial charge >= 0.3 is 0 Å². The van der Waals surface area contributed by atoms with Crippen LogP contribution in [-0.2, 0) is 0 Å². The van der Waals surface area contributed by atoms with Crippen molar-refractivity contribution >= 4 is 17.9 Å². The van der Waals surface area contributed by atoms with Crippen LogP contribution in [0.15, 0.2) is 17.7 Å². The van der Waals surface area contributed by atoms with Gasteiger partial charge in [0.1, 0.15) is 11.5 Å². The second kappa shape index (κ2) is 8.08. The van der Waals surface area contributed by atoms with Gasteiger partial charge in [0, 0.05) is 12.5 Å². The summed E-state index contributed by atoms with van der Waals surface area (Å²) >= 11 is 6.33. The summed E-state index contributed by atoms with van der Waals surface area (Å²) in [4.78, 5) is 11.2. The quantitative estimate of drug-likeness (QED) is 0.400. The van der Waals surface area contributed by atoms with E-state index in [2.05, 4.69) is 12.0 Å². The monoisotopic (exact) mass is 334 g/mol. The number of hydrogen-bond donors (Lipinski definition) is 0. The summed E-state index contributed by atoms with van der Waals surface area (Å²) in [7, 11) is 1.49. The maximum atomic E-state index is 11.2. The van der Waals surface area contributed by atoms with Crippen LogP contribution in [-0.4, -0.2) is 19.0 Å². The van der Waals surface area contributed by atoms with Gasteiger partial charge in [-0.15, -0.1) is 6.42 Å². The summed E-state index contributed by atoms with van der Waals surface area (Å²) in [5.41, 5.74) is 1.46. The fourth-order valence-electron chi connectivity index (χ4n) is 2.17. The lowest BCUT2D eigenvalue weighted by molar-refractivity contribution is 0.111. The van der Waals surface area contributed by atoms with Gasteiger partial charge in [0.05, 0.1) is 17.7 Å². The van der Waals surface area contributed by atoms with E-state index in [1.807, 2.05) is 20.8 Å². The predicted octanol–water partition coefficient (Wildman–Crippen LogP) is 4.99. The van der Waals surface area contributed by atoms with Crippen LogP contribution in [0.25, 0.3) is 0 Å². The van der Waals surface area contributed by atoms with Gasteiger partial charge in [-0.25, -0.2) is 0 Å². The second-order valence-electron chi connectivity index (χ2n) is 5.84. The lowest BCUT2D eigenvalue weighted by Crippen LogP contribution is -2.30. The van der Waals surface area contributed by atoms with Crippen LogP contribution in [0.5, 0.6) is 11.5 Å². The number of allylic oxidation sites excluding steroid dienone is 2. The second-order valence-corrected chi connectivity index (χ2v) is 6.22. The summed E-state index contributed by atoms with van der Waals surface area (Å²) in [6, 6.07) is 1.61. The predicted molar refractivity (Wildman–Crippen MR) is 94.7 cm³/mol. The third-order valence-electron chi connectivity index (χ3n) is 3.63. The number of carbonyl (C=O) groups excluding carboxylic acids is 1. The molecule has 1 aromatic rings. The number of benzene rings is 1. The molecule has 0 heterocycles. The molecule has 1 atom stereocenters. The molecule has 3 nitrogen and oxygen atoms in total. The minimum absolute atomic E-state index is 0.372. The van der Waals surface area contributed by atoms with Crippen molar-refractivity contribution in [1.29, 1.82) is 0 Å². The van der Waals surface area contributed by atoms with Crippen molar-refractivity contribution in [3.63, 3.8) is 0 Å². The van der Waals surface area contributed by atoms with Gasteiger partial charge in [0.2, 0.25) is 0 Å². The summed E-state index contributed by atoms with van der Waals surface area (Å²) in [6.07, 6.45) is 9.96. The molecule has 1 rings (SSSR count). The standard InChI is InChI=1S/C19H23ClO3/c1-7-19(5,10-8-9-13(2)3)23-17-11-16(22-6)15(12-21)14(4)18(17)20/h1,9,11-12H,8,10H2,2-6H3. The van der Waals surface area contributed by atoms with Crippen molar-refractivity contribution in [1.82, 2.24) is 0 Å². The van der Waals surface area contributed by atoms with Gasteiger partial charge in [-0.05, 0) is 39.7 Å². The molecular weight excluding hydrogens is 312 g/mol. The van der Waals surface area contributed by atoms with E-state index < -0.39 is 5.60 Å². The van der Waals surface area contributed by atoms with Gasteiger partial charge in [-0.1, -0.05) is 29.2 Å². The Bertz CT molecular complexity index is 652. The van der Waals surface area contributed by atoms with Crippen LogP contribution < -0.4 is 9.47 Å². The van der Waals surface area contributed by atoms with Crippen molar-refractivity contribution in [2.24, 2.45) is 0 Å². The lowest BCUT2D eigenvalue weighted by atomic mass is 9.99. The first-order valence-electron chi connectivity index (χ1n) is 7.40. The van der Waals surface area contributed by atoms with Crippen LogP contribution in [0.3, 0.4) is 0 Å². The minimum Gasteiger partial charge on any atom is -0.496 e. The van der Waals surface area contributed by atoms with Crippen LogP contribution >= 0.6 is 11.6 Å². The van der Waals surface area contributed by atoms with E-state index in [0.29, 0.717) is 34.1 Å². The van der Waals surface area contributed by atoms with E-state index in [-0.39, 0.29) is 0 Å². The topological polar surface area (TPSA) is 35.5 Å². The van der Waals surface area contributed by atoms with Crippen LogP contribution in [0.1, 0.15) is 49.5 Å². The van der Waals surface area contributed by atoms with Crippen molar-refractivity contribution in [3.8, 4) is 23.8 Å². The van der Waals surface area contributed by atoms with E-state index in [1.165, 1.54) is 12.7 Å². The number of halogens is 1. The maximum Gasteiger partial charge on any atom is 0.166 e. The molecule has 0 aromatic heterocycles. The van der Waals surface area contributed by atoms with Gasteiger partial charge in [-0.3, -0.25) is 4.79 Å². The Balaban J connectivity index is 3.16. The Morgan fingerprint density at radius 2 is 2.09 bits per heavy atom. The van der Waals surface area contributed by atoms with Gasteiger partial charge in [0.25, 0.3) is 0 Å². The molecule has 124 valence electrons. The SMILES string of the molecule is C#CC(C)(CCC=C(C)C)Oc1cc(OC)c(C=O)c(C)c1Cl. The number of aldehydes is 1. The summed E-state index contributed by atoms with van der Waals surface area (Å²) in [6.45, 7) is 7.67. The third kappa shape index (κ3) is 4.77. The molecule has 4 heteroatoms. The van der Waals surface area contributed by atoms with E-state index >= 15 is 0 Å². The number of carbonyl (C=O) groups is 1. The van der Waals surface area contributed by atoms with Gasteiger partial charge in [0.15, 0.2) is 11.9 Å². The van der Waals surface area contributed by atoms with Crippen molar-refractivity contribution in [2.75, 3.05) is 7.11 Å². The number of terminal acetylenes is 1. The molecule has 0 aliphatic rings. The van der Waals surface area contributed by atoms with E-state index in [0.717, 1.165) is 12.7 Å². The molecule has 0 saturated carbocycles. The zero-order valence-corrected chi connectivity index (χ0v) is 15.1. The average molecular weight is 335 g/mol. The maximum absolute atomic E-state index is 11.2. The highest BCUT2D eigenvalue weighted by atomic mass is 35.5. The van der Waals surface area contributed by atoms with Crippen molar-refractivity contribution < 1.29 is 14.3 Å². The molecular formula is C19H23ClO3. The van der Waals surface area contributed by atoms with Gasteiger partial charge < -0.3 is 9.47 Å². The molecule has 0 fully saturated rings. The van der Waals surface area contributed by atoms with Crippen molar-refractivity contribution in [3.05, 3.63) is 33.9 Å². The zero-order chi connectivity index (χ0) is 17.6. The Labute approximate surface area is 143 Å². The molecule has 1 unspecified atom stereocenters.